The fourth-order valence-electron chi connectivity index (χ4n) is 3.57. The third-order valence-electron chi connectivity index (χ3n) is 9.31. The Bertz CT molecular complexity index is 1590. The Hall–Kier alpha value is -2.61. The molecule has 0 saturated carbocycles. The van der Waals surface area contributed by atoms with E-state index < -0.39 is 87.3 Å². The second-order valence-corrected chi connectivity index (χ2v) is 16.4. The standard InChI is InChI=1S/C15H18BF3O4.C9H6BrF3O2.C6H13B2O2.C6H14O2/c1-13(2)14(3,4)23-16(22-13)9-6-7-11(15(17,18)19)10(8-9)12(20)21-5;1-15-8(14)6-4-5(10)2-3-7(6)9(11,12)13;1-5(2,9)6(3,4)10-8-7;1-5(2,7)6(3,4)8/h6-8H,1-5H3;2-4H,1H3;9H,1-4H3;7-8H,1-4H3. The molecule has 1 fully saturated rings. The fraction of sp³-hybridized carbons (Fsp3) is 0.611. The number of hydrogen-bond acceptors (Lipinski definition) is 10. The molecule has 0 bridgehead atoms. The molecule has 0 spiro atoms. The van der Waals surface area contributed by atoms with Crippen molar-refractivity contribution >= 4 is 55.6 Å². The normalized spacial score (nSPS) is 15.5. The summed E-state index contributed by atoms with van der Waals surface area (Å²) in [4.78, 5) is 22.8. The summed E-state index contributed by atoms with van der Waals surface area (Å²) in [6.45, 7) is 20.5. The SMILES string of the molecule is CC(C)(O)C(C)(C)O.COC(=O)c1cc(B2OC(C)(C)C(C)(C)O2)ccc1C(F)(F)F.COC(=O)c1cc(Br)ccc1C(F)(F)F.[B][B]OC(C)(C)C(C)(C)O. The topological polar surface area (TPSA) is 141 Å². The minimum absolute atomic E-state index is 0.331. The number of rotatable bonds is 7. The lowest BCUT2D eigenvalue weighted by Gasteiger charge is -2.37. The van der Waals surface area contributed by atoms with Gasteiger partial charge in [-0.25, -0.2) is 9.59 Å². The molecular formula is C36H51B3BrF6O10. The lowest BCUT2D eigenvalue weighted by Crippen LogP contribution is -2.48. The van der Waals surface area contributed by atoms with Crippen LogP contribution in [0.4, 0.5) is 26.3 Å². The Kier molecular flexibility index (Phi) is 18.5. The molecule has 0 aliphatic carbocycles. The molecule has 2 aromatic rings. The molecule has 3 rings (SSSR count). The molecule has 0 aromatic heterocycles. The number of aliphatic hydroxyl groups is 3. The van der Waals surface area contributed by atoms with Crippen molar-refractivity contribution in [3.05, 3.63) is 63.1 Å². The van der Waals surface area contributed by atoms with E-state index in [0.717, 1.165) is 45.9 Å². The summed E-state index contributed by atoms with van der Waals surface area (Å²) in [5, 5.41) is 27.7. The minimum Gasteiger partial charge on any atom is -0.465 e. The summed E-state index contributed by atoms with van der Waals surface area (Å²) in [5.41, 5.74) is -7.59. The molecule has 10 nitrogen and oxygen atoms in total. The van der Waals surface area contributed by atoms with Crippen LogP contribution in [0.5, 0.6) is 0 Å². The van der Waals surface area contributed by atoms with Crippen LogP contribution in [0.3, 0.4) is 0 Å². The van der Waals surface area contributed by atoms with E-state index in [0.29, 0.717) is 9.94 Å². The summed E-state index contributed by atoms with van der Waals surface area (Å²) < 4.78 is 102. The highest BCUT2D eigenvalue weighted by Crippen LogP contribution is 2.38. The first kappa shape index (κ1) is 53.4. The van der Waals surface area contributed by atoms with Crippen LogP contribution in [-0.2, 0) is 35.8 Å². The van der Waals surface area contributed by atoms with Crippen LogP contribution < -0.4 is 5.46 Å². The van der Waals surface area contributed by atoms with E-state index in [4.69, 9.17) is 31.9 Å². The smallest absolute Gasteiger partial charge is 0.465 e. The monoisotopic (exact) mass is 869 g/mol. The van der Waals surface area contributed by atoms with Crippen molar-refractivity contribution in [2.24, 2.45) is 0 Å². The van der Waals surface area contributed by atoms with Gasteiger partial charge in [-0.05, 0) is 119 Å². The van der Waals surface area contributed by atoms with Gasteiger partial charge >= 0.3 is 31.4 Å². The summed E-state index contributed by atoms with van der Waals surface area (Å²) in [7, 11) is 7.36. The summed E-state index contributed by atoms with van der Waals surface area (Å²) in [5.74, 6) is -2.07. The van der Waals surface area contributed by atoms with Gasteiger partial charge in [-0.2, -0.15) is 26.3 Å². The van der Waals surface area contributed by atoms with E-state index in [1.165, 1.54) is 12.1 Å². The molecule has 2 aromatic carbocycles. The highest BCUT2D eigenvalue weighted by molar-refractivity contribution is 9.10. The van der Waals surface area contributed by atoms with Gasteiger partial charge in [0.2, 0.25) is 7.37 Å². The number of carbonyl (C=O) groups excluding carboxylic acids is 2. The fourth-order valence-corrected chi connectivity index (χ4v) is 3.93. The minimum atomic E-state index is -4.65. The zero-order valence-corrected chi connectivity index (χ0v) is 35.6. The molecule has 0 atom stereocenters. The molecule has 1 aliphatic heterocycles. The Morgan fingerprint density at radius 3 is 1.34 bits per heavy atom. The van der Waals surface area contributed by atoms with Gasteiger partial charge in [0.1, 0.15) is 0 Å². The Labute approximate surface area is 335 Å². The van der Waals surface area contributed by atoms with Gasteiger partial charge in [0.15, 0.2) is 0 Å². The van der Waals surface area contributed by atoms with E-state index in [9.17, 15) is 41.0 Å². The number of carbonyl (C=O) groups is 2. The summed E-state index contributed by atoms with van der Waals surface area (Å²) in [6, 6.07) is 6.32. The lowest BCUT2D eigenvalue weighted by molar-refractivity contribution is -0.138. The quantitative estimate of drug-likeness (QED) is 0.154. The number of esters is 2. The van der Waals surface area contributed by atoms with Crippen molar-refractivity contribution < 1.29 is 74.7 Å². The second-order valence-electron chi connectivity index (χ2n) is 15.5. The van der Waals surface area contributed by atoms with E-state index in [1.807, 2.05) is 27.7 Å². The molecular weight excluding hydrogens is 819 g/mol. The highest BCUT2D eigenvalue weighted by Gasteiger charge is 2.52. The highest BCUT2D eigenvalue weighted by atomic mass is 79.9. The molecule has 3 N–H and O–H groups in total. The molecule has 56 heavy (non-hydrogen) atoms. The maximum absolute atomic E-state index is 13.0. The van der Waals surface area contributed by atoms with Gasteiger partial charge in [-0.3, -0.25) is 0 Å². The largest absolute Gasteiger partial charge is 0.494 e. The average Bonchev–Trinajstić information content (AvgIpc) is 3.24. The number of alkyl halides is 6. The Balaban J connectivity index is 0.000000789. The van der Waals surface area contributed by atoms with Crippen molar-refractivity contribution in [3.63, 3.8) is 0 Å². The van der Waals surface area contributed by atoms with Gasteiger partial charge in [0, 0.05) is 4.47 Å². The van der Waals surface area contributed by atoms with Crippen molar-refractivity contribution in [2.45, 2.75) is 129 Å². The maximum Gasteiger partial charge on any atom is 0.494 e. The van der Waals surface area contributed by atoms with Gasteiger partial charge < -0.3 is 38.8 Å². The first-order valence-corrected chi connectivity index (χ1v) is 17.6. The predicted molar refractivity (Wildman–Crippen MR) is 205 cm³/mol. The number of ether oxygens (including phenoxy) is 2. The third kappa shape index (κ3) is 15.3. The molecule has 3 radical (unpaired) electrons. The Morgan fingerprint density at radius 1 is 0.696 bits per heavy atom. The van der Waals surface area contributed by atoms with E-state index >= 15 is 0 Å². The van der Waals surface area contributed by atoms with Crippen LogP contribution in [0.15, 0.2) is 40.9 Å². The lowest BCUT2D eigenvalue weighted by atomic mass is 9.70. The van der Waals surface area contributed by atoms with Gasteiger partial charge in [-0.1, -0.05) is 22.0 Å². The number of methoxy groups -OCH3 is 2. The molecule has 0 amide bonds. The second kappa shape index (κ2) is 19.4. The molecule has 20 heteroatoms. The van der Waals surface area contributed by atoms with Crippen LogP contribution in [0.25, 0.3) is 0 Å². The van der Waals surface area contributed by atoms with Crippen molar-refractivity contribution in [1.29, 1.82) is 0 Å². The molecule has 313 valence electrons. The zero-order chi connectivity index (χ0) is 44.7. The van der Waals surface area contributed by atoms with E-state index in [1.54, 1.807) is 55.4 Å². The summed E-state index contributed by atoms with van der Waals surface area (Å²) in [6.07, 6.45) is -9.22. The van der Waals surface area contributed by atoms with E-state index in [2.05, 4.69) is 25.4 Å². The molecule has 1 heterocycles. The van der Waals surface area contributed by atoms with Crippen molar-refractivity contribution in [3.8, 4) is 0 Å². The number of benzene rings is 2. The maximum atomic E-state index is 13.0. The molecule has 1 saturated heterocycles. The summed E-state index contributed by atoms with van der Waals surface area (Å²) >= 11 is 2.99. The van der Waals surface area contributed by atoms with Gasteiger partial charge in [-0.15, -0.1) is 0 Å². The van der Waals surface area contributed by atoms with Gasteiger partial charge in [0.05, 0.1) is 77.8 Å². The van der Waals surface area contributed by atoms with Crippen LogP contribution in [0.1, 0.15) is 115 Å². The third-order valence-corrected chi connectivity index (χ3v) is 9.80. The van der Waals surface area contributed by atoms with Crippen molar-refractivity contribution in [1.82, 2.24) is 0 Å². The van der Waals surface area contributed by atoms with Crippen LogP contribution in [-0.4, -0.2) is 97.3 Å². The first-order valence-electron chi connectivity index (χ1n) is 16.8. The first-order chi connectivity index (χ1) is 24.8. The van der Waals surface area contributed by atoms with Crippen LogP contribution in [0, 0.1) is 0 Å². The zero-order valence-electron chi connectivity index (χ0n) is 34.0. The average molecular weight is 870 g/mol. The van der Waals surface area contributed by atoms with Crippen molar-refractivity contribution in [2.75, 3.05) is 14.2 Å². The van der Waals surface area contributed by atoms with E-state index in [-0.39, 0.29) is 0 Å². The number of halogens is 7. The Morgan fingerprint density at radius 2 is 1.05 bits per heavy atom. The predicted octanol–water partition coefficient (Wildman–Crippen LogP) is 6.83. The van der Waals surface area contributed by atoms with Crippen LogP contribution in [0.2, 0.25) is 0 Å². The molecule has 1 aliphatic rings. The number of hydrogen-bond donors (Lipinski definition) is 3. The van der Waals surface area contributed by atoms with Crippen LogP contribution >= 0.6 is 15.9 Å². The van der Waals surface area contributed by atoms with Gasteiger partial charge in [0.25, 0.3) is 0 Å². The molecule has 0 unspecified atom stereocenters.